The maximum atomic E-state index is 12.4. The molecule has 1 aliphatic rings. The van der Waals surface area contributed by atoms with Crippen molar-refractivity contribution in [3.8, 4) is 0 Å². The Morgan fingerprint density at radius 3 is 2.70 bits per heavy atom. The number of carbonyl (C=O) groups excluding carboxylic acids is 1. The van der Waals surface area contributed by atoms with Crippen LogP contribution in [0.15, 0.2) is 30.3 Å². The Bertz CT molecular complexity index is 521. The number of likely N-dealkylation sites (tertiary alicyclic amines) is 1. The largest absolute Gasteiger partial charge is 0.481 e. The van der Waals surface area contributed by atoms with Gasteiger partial charge in [-0.2, -0.15) is 0 Å². The molecule has 1 heterocycles. The minimum atomic E-state index is -0.869. The molecule has 6 nitrogen and oxygen atoms in total. The number of urea groups is 1. The van der Waals surface area contributed by atoms with E-state index in [0.29, 0.717) is 19.4 Å². The lowest BCUT2D eigenvalue weighted by Gasteiger charge is -2.27. The highest BCUT2D eigenvalue weighted by Gasteiger charge is 2.29. The number of carbonyl (C=O) groups is 2. The smallest absolute Gasteiger partial charge is 0.317 e. The van der Waals surface area contributed by atoms with Gasteiger partial charge in [0.15, 0.2) is 0 Å². The third-order valence-corrected chi connectivity index (χ3v) is 4.21. The third kappa shape index (κ3) is 5.25. The number of hydrogen-bond acceptors (Lipinski definition) is 3. The van der Waals surface area contributed by atoms with Crippen LogP contribution < -0.4 is 5.32 Å². The van der Waals surface area contributed by atoms with Gasteiger partial charge < -0.3 is 20.4 Å². The summed E-state index contributed by atoms with van der Waals surface area (Å²) in [5.74, 6) is -0.869. The normalized spacial score (nSPS) is 18.7. The maximum absolute atomic E-state index is 12.4. The fourth-order valence-corrected chi connectivity index (χ4v) is 2.97. The van der Waals surface area contributed by atoms with Crippen LogP contribution in [-0.4, -0.2) is 52.3 Å². The van der Waals surface area contributed by atoms with Crippen LogP contribution in [0, 0.1) is 0 Å². The van der Waals surface area contributed by atoms with Gasteiger partial charge >= 0.3 is 12.0 Å². The molecule has 2 rings (SSSR count). The minimum Gasteiger partial charge on any atom is -0.481 e. The molecule has 6 heteroatoms. The lowest BCUT2D eigenvalue weighted by atomic mass is 10.0. The molecule has 0 aliphatic carbocycles. The molecule has 0 saturated carbocycles. The van der Waals surface area contributed by atoms with Crippen LogP contribution >= 0.6 is 0 Å². The van der Waals surface area contributed by atoms with E-state index < -0.39 is 5.97 Å². The fourth-order valence-electron chi connectivity index (χ4n) is 2.97. The van der Waals surface area contributed by atoms with Crippen LogP contribution in [0.1, 0.15) is 31.2 Å². The Labute approximate surface area is 136 Å². The first kappa shape index (κ1) is 17.3. The summed E-state index contributed by atoms with van der Waals surface area (Å²) in [6.07, 6.45) is 2.69. The number of aliphatic hydroxyl groups is 1. The molecular formula is C17H24N2O4. The lowest BCUT2D eigenvalue weighted by Crippen LogP contribution is -2.48. The number of nitrogens with one attached hydrogen (secondary N) is 1. The SMILES string of the molecule is O=C(O)CCC(Cc1ccccc1)NC(=O)N1CCC[C@H]1CO. The van der Waals surface area contributed by atoms with Crippen molar-refractivity contribution in [1.29, 1.82) is 0 Å². The standard InChI is InChI=1S/C17H24N2O4/c20-12-15-7-4-10-19(15)17(23)18-14(8-9-16(21)22)11-13-5-2-1-3-6-13/h1-3,5-6,14-15,20H,4,7-12H2,(H,18,23)(H,21,22)/t14?,15-/m0/s1. The van der Waals surface area contributed by atoms with E-state index in [-0.39, 0.29) is 31.1 Å². The summed E-state index contributed by atoms with van der Waals surface area (Å²) in [4.78, 5) is 24.9. The van der Waals surface area contributed by atoms with E-state index in [2.05, 4.69) is 5.32 Å². The number of rotatable bonds is 7. The molecule has 0 spiro atoms. The Morgan fingerprint density at radius 1 is 1.30 bits per heavy atom. The van der Waals surface area contributed by atoms with Crippen molar-refractivity contribution >= 4 is 12.0 Å². The lowest BCUT2D eigenvalue weighted by molar-refractivity contribution is -0.137. The number of benzene rings is 1. The van der Waals surface area contributed by atoms with Gasteiger partial charge in [0.2, 0.25) is 0 Å². The molecule has 0 aromatic heterocycles. The molecule has 1 aromatic rings. The molecule has 1 aromatic carbocycles. The van der Waals surface area contributed by atoms with Gasteiger partial charge in [-0.3, -0.25) is 4.79 Å². The predicted octanol–water partition coefficient (Wildman–Crippen LogP) is 1.63. The summed E-state index contributed by atoms with van der Waals surface area (Å²) in [7, 11) is 0. The van der Waals surface area contributed by atoms with E-state index in [1.54, 1.807) is 4.90 Å². The number of nitrogens with zero attached hydrogens (tertiary/aromatic N) is 1. The average Bonchev–Trinajstić information content (AvgIpc) is 3.02. The molecular weight excluding hydrogens is 296 g/mol. The molecule has 1 unspecified atom stereocenters. The van der Waals surface area contributed by atoms with Crippen molar-refractivity contribution < 1.29 is 19.8 Å². The molecule has 1 aliphatic heterocycles. The van der Waals surface area contributed by atoms with E-state index in [1.807, 2.05) is 30.3 Å². The van der Waals surface area contributed by atoms with Crippen LogP contribution in [0.25, 0.3) is 0 Å². The number of carboxylic acids is 1. The second-order valence-corrected chi connectivity index (χ2v) is 5.94. The first-order valence-electron chi connectivity index (χ1n) is 8.04. The second-order valence-electron chi connectivity index (χ2n) is 5.94. The summed E-state index contributed by atoms with van der Waals surface area (Å²) in [6.45, 7) is 0.597. The molecule has 2 amide bonds. The van der Waals surface area contributed by atoms with Crippen molar-refractivity contribution in [1.82, 2.24) is 10.2 Å². The number of aliphatic hydroxyl groups excluding tert-OH is 1. The quantitative estimate of drug-likeness (QED) is 0.712. The van der Waals surface area contributed by atoms with Gasteiger partial charge in [0, 0.05) is 19.0 Å². The van der Waals surface area contributed by atoms with E-state index in [0.717, 1.165) is 18.4 Å². The van der Waals surface area contributed by atoms with Crippen molar-refractivity contribution in [2.45, 2.75) is 44.2 Å². The molecule has 126 valence electrons. The Morgan fingerprint density at radius 2 is 2.04 bits per heavy atom. The maximum Gasteiger partial charge on any atom is 0.317 e. The van der Waals surface area contributed by atoms with Crippen molar-refractivity contribution in [2.24, 2.45) is 0 Å². The topological polar surface area (TPSA) is 89.9 Å². The molecule has 3 N–H and O–H groups in total. The highest BCUT2D eigenvalue weighted by Crippen LogP contribution is 2.17. The fraction of sp³-hybridized carbons (Fsp3) is 0.529. The van der Waals surface area contributed by atoms with Crippen LogP contribution in [0.4, 0.5) is 4.79 Å². The third-order valence-electron chi connectivity index (χ3n) is 4.21. The van der Waals surface area contributed by atoms with Crippen molar-refractivity contribution in [3.05, 3.63) is 35.9 Å². The summed E-state index contributed by atoms with van der Waals surface area (Å²) in [6, 6.07) is 9.12. The first-order valence-corrected chi connectivity index (χ1v) is 8.04. The number of aliphatic carboxylic acids is 1. The summed E-state index contributed by atoms with van der Waals surface area (Å²) >= 11 is 0. The van der Waals surface area contributed by atoms with Gasteiger partial charge in [-0.15, -0.1) is 0 Å². The monoisotopic (exact) mass is 320 g/mol. The first-order chi connectivity index (χ1) is 11.1. The van der Waals surface area contributed by atoms with E-state index >= 15 is 0 Å². The molecule has 0 bridgehead atoms. The van der Waals surface area contributed by atoms with Gasteiger partial charge in [0.1, 0.15) is 0 Å². The Kier molecular flexibility index (Phi) is 6.40. The van der Waals surface area contributed by atoms with Crippen LogP contribution in [0.2, 0.25) is 0 Å². The molecule has 1 fully saturated rings. The summed E-state index contributed by atoms with van der Waals surface area (Å²) in [5.41, 5.74) is 1.06. The van der Waals surface area contributed by atoms with Gasteiger partial charge in [-0.25, -0.2) is 4.79 Å². The second kappa shape index (κ2) is 8.53. The van der Waals surface area contributed by atoms with Gasteiger partial charge in [0.05, 0.1) is 12.6 Å². The van der Waals surface area contributed by atoms with Crippen LogP contribution in [0.5, 0.6) is 0 Å². The van der Waals surface area contributed by atoms with Crippen molar-refractivity contribution in [2.75, 3.05) is 13.2 Å². The molecule has 0 radical (unpaired) electrons. The summed E-state index contributed by atoms with van der Waals surface area (Å²) < 4.78 is 0. The van der Waals surface area contributed by atoms with E-state index in [9.17, 15) is 14.7 Å². The highest BCUT2D eigenvalue weighted by atomic mass is 16.4. The predicted molar refractivity (Wildman–Crippen MR) is 86.1 cm³/mol. The number of hydrogen-bond donors (Lipinski definition) is 3. The number of amides is 2. The molecule has 2 atom stereocenters. The zero-order valence-corrected chi connectivity index (χ0v) is 13.1. The van der Waals surface area contributed by atoms with E-state index in [1.165, 1.54) is 0 Å². The van der Waals surface area contributed by atoms with Gasteiger partial charge in [-0.1, -0.05) is 30.3 Å². The molecule has 23 heavy (non-hydrogen) atoms. The van der Waals surface area contributed by atoms with E-state index in [4.69, 9.17) is 5.11 Å². The Hall–Kier alpha value is -2.08. The van der Waals surface area contributed by atoms with Gasteiger partial charge in [-0.05, 0) is 31.2 Å². The highest BCUT2D eigenvalue weighted by molar-refractivity contribution is 5.75. The average molecular weight is 320 g/mol. The minimum absolute atomic E-state index is 0.0151. The summed E-state index contributed by atoms with van der Waals surface area (Å²) in [5, 5.41) is 21.2. The zero-order valence-electron chi connectivity index (χ0n) is 13.1. The number of carboxylic acid groups (broad SMARTS) is 1. The van der Waals surface area contributed by atoms with Crippen LogP contribution in [0.3, 0.4) is 0 Å². The van der Waals surface area contributed by atoms with Crippen LogP contribution in [-0.2, 0) is 11.2 Å². The zero-order chi connectivity index (χ0) is 16.7. The molecule has 1 saturated heterocycles. The Balaban J connectivity index is 1.98. The van der Waals surface area contributed by atoms with Gasteiger partial charge in [0.25, 0.3) is 0 Å². The van der Waals surface area contributed by atoms with Crippen molar-refractivity contribution in [3.63, 3.8) is 0 Å².